The number of nitrogens with one attached hydrogen (secondary N) is 1. The summed E-state index contributed by atoms with van der Waals surface area (Å²) in [5.41, 5.74) is 2.03. The topological polar surface area (TPSA) is 23.9 Å². The summed E-state index contributed by atoms with van der Waals surface area (Å²) in [6.07, 6.45) is 2.93. The molecule has 0 heterocycles. The summed E-state index contributed by atoms with van der Waals surface area (Å²) < 4.78 is 0. The van der Waals surface area contributed by atoms with Crippen LogP contribution in [-0.2, 0) is 0 Å². The number of hydrogen-bond donors (Lipinski definition) is 1. The molecule has 0 amide bonds. The van der Waals surface area contributed by atoms with Crippen LogP contribution in [0, 0.1) is 5.41 Å². The van der Waals surface area contributed by atoms with Crippen LogP contribution in [0.5, 0.6) is 0 Å². The van der Waals surface area contributed by atoms with Gasteiger partial charge in [0.2, 0.25) is 0 Å². The molecule has 1 aliphatic rings. The number of allylic oxidation sites excluding steroid dienone is 2. The van der Waals surface area contributed by atoms with Crippen LogP contribution in [0.3, 0.4) is 0 Å². The highest BCUT2D eigenvalue weighted by Crippen LogP contribution is 2.21. The smallest absolute Gasteiger partial charge is 0.0390 e. The van der Waals surface area contributed by atoms with E-state index in [2.05, 4.69) is 0 Å². The quantitative estimate of drug-likeness (QED) is 0.455. The summed E-state index contributed by atoms with van der Waals surface area (Å²) >= 11 is 0. The second-order valence-corrected chi connectivity index (χ2v) is 1.47. The van der Waals surface area contributed by atoms with Gasteiger partial charge >= 0.3 is 0 Å². The zero-order chi connectivity index (χ0) is 4.57. The molecule has 1 rings (SSSR count). The van der Waals surface area contributed by atoms with Crippen molar-refractivity contribution < 1.29 is 0 Å². The molecular weight excluding hydrogens is 74.1 g/mol. The molecule has 0 unspecified atom stereocenters. The van der Waals surface area contributed by atoms with Gasteiger partial charge in [-0.15, -0.1) is 0 Å². The third-order valence-electron chi connectivity index (χ3n) is 0.978. The van der Waals surface area contributed by atoms with Crippen LogP contribution in [-0.4, -0.2) is 5.71 Å². The third-order valence-corrected chi connectivity index (χ3v) is 0.978. The van der Waals surface area contributed by atoms with Gasteiger partial charge in [-0.2, -0.15) is 0 Å². The lowest BCUT2D eigenvalue weighted by Crippen LogP contribution is -1.49. The van der Waals surface area contributed by atoms with E-state index in [1.54, 1.807) is 0 Å². The lowest BCUT2D eigenvalue weighted by Gasteiger charge is -1.54. The lowest BCUT2D eigenvalue weighted by atomic mass is 10.5. The van der Waals surface area contributed by atoms with Gasteiger partial charge in [0, 0.05) is 12.1 Å². The largest absolute Gasteiger partial charge is 0.305 e. The van der Waals surface area contributed by atoms with Crippen LogP contribution in [0.15, 0.2) is 11.6 Å². The Kier molecular flexibility index (Phi) is 0.560. The lowest BCUT2D eigenvalue weighted by molar-refractivity contribution is 1.55. The third kappa shape index (κ3) is 0.361. The van der Waals surface area contributed by atoms with Gasteiger partial charge in [-0.25, -0.2) is 0 Å². The van der Waals surface area contributed by atoms with Gasteiger partial charge in [-0.3, -0.25) is 0 Å². The van der Waals surface area contributed by atoms with Gasteiger partial charge in [0.05, 0.1) is 0 Å². The molecule has 0 aliphatic heterocycles. The van der Waals surface area contributed by atoms with Crippen LogP contribution in [0.25, 0.3) is 0 Å². The standard InChI is InChI=1S/C5H7N/c1-2-4-3-5(4)6/h2,6H,3H2,1H3/b4-2-,6-5?. The van der Waals surface area contributed by atoms with E-state index in [0.29, 0.717) is 0 Å². The summed E-state index contributed by atoms with van der Waals surface area (Å²) in [4.78, 5) is 0. The Morgan fingerprint density at radius 2 is 2.33 bits per heavy atom. The van der Waals surface area contributed by atoms with Gasteiger partial charge in [-0.05, 0) is 12.5 Å². The van der Waals surface area contributed by atoms with Crippen LogP contribution in [0.1, 0.15) is 13.3 Å². The zero-order valence-electron chi connectivity index (χ0n) is 3.78. The predicted octanol–water partition coefficient (Wildman–Crippen LogP) is 1.36. The molecule has 0 atom stereocenters. The Labute approximate surface area is 37.2 Å². The normalized spacial score (nSPS) is 25.5. The van der Waals surface area contributed by atoms with E-state index in [4.69, 9.17) is 5.41 Å². The van der Waals surface area contributed by atoms with E-state index in [-0.39, 0.29) is 0 Å². The van der Waals surface area contributed by atoms with E-state index in [9.17, 15) is 0 Å². The van der Waals surface area contributed by atoms with Crippen molar-refractivity contribution in [3.63, 3.8) is 0 Å². The van der Waals surface area contributed by atoms with Gasteiger partial charge in [0.15, 0.2) is 0 Å². The maximum Gasteiger partial charge on any atom is 0.0390 e. The predicted molar refractivity (Wildman–Crippen MR) is 26.1 cm³/mol. The fourth-order valence-corrected chi connectivity index (χ4v) is 0.423. The number of rotatable bonds is 0. The molecule has 0 aromatic rings. The minimum absolute atomic E-state index is 0.817. The van der Waals surface area contributed by atoms with Crippen molar-refractivity contribution in [2.45, 2.75) is 13.3 Å². The Morgan fingerprint density at radius 3 is 2.33 bits per heavy atom. The van der Waals surface area contributed by atoms with Crippen LogP contribution in [0.2, 0.25) is 0 Å². The Balaban J connectivity index is 2.67. The van der Waals surface area contributed by atoms with E-state index in [0.717, 1.165) is 12.1 Å². The molecule has 0 bridgehead atoms. The highest BCUT2D eigenvalue weighted by molar-refractivity contribution is 6.15. The summed E-state index contributed by atoms with van der Waals surface area (Å²) in [7, 11) is 0. The van der Waals surface area contributed by atoms with Crippen LogP contribution >= 0.6 is 0 Å². The molecule has 1 nitrogen and oxygen atoms in total. The fraction of sp³-hybridized carbons (Fsp3) is 0.400. The Bertz CT molecular complexity index is 111. The maximum atomic E-state index is 6.90. The minimum atomic E-state index is 0.817. The van der Waals surface area contributed by atoms with E-state index >= 15 is 0 Å². The molecule has 1 N–H and O–H groups in total. The fourth-order valence-electron chi connectivity index (χ4n) is 0.423. The molecule has 1 fully saturated rings. The first-order valence-corrected chi connectivity index (χ1v) is 2.07. The molecule has 32 valence electrons. The summed E-state index contributed by atoms with van der Waals surface area (Å²) in [5, 5.41) is 6.90. The first-order chi connectivity index (χ1) is 2.84. The Morgan fingerprint density at radius 1 is 1.83 bits per heavy atom. The van der Waals surface area contributed by atoms with Gasteiger partial charge in [0.1, 0.15) is 0 Å². The molecule has 0 aromatic heterocycles. The van der Waals surface area contributed by atoms with Crippen molar-refractivity contribution >= 4 is 5.71 Å². The first kappa shape index (κ1) is 3.59. The van der Waals surface area contributed by atoms with E-state index in [1.165, 1.54) is 5.57 Å². The summed E-state index contributed by atoms with van der Waals surface area (Å²) in [6, 6.07) is 0. The monoisotopic (exact) mass is 81.1 g/mol. The maximum absolute atomic E-state index is 6.90. The molecule has 1 saturated carbocycles. The molecule has 6 heavy (non-hydrogen) atoms. The van der Waals surface area contributed by atoms with Crippen LogP contribution < -0.4 is 0 Å². The van der Waals surface area contributed by atoms with Crippen molar-refractivity contribution in [3.05, 3.63) is 11.6 Å². The zero-order valence-corrected chi connectivity index (χ0v) is 3.78. The highest BCUT2D eigenvalue weighted by atomic mass is 14.5. The summed E-state index contributed by atoms with van der Waals surface area (Å²) in [5.74, 6) is 0. The van der Waals surface area contributed by atoms with Crippen molar-refractivity contribution in [3.8, 4) is 0 Å². The first-order valence-electron chi connectivity index (χ1n) is 2.07. The van der Waals surface area contributed by atoms with Crippen molar-refractivity contribution in [1.29, 1.82) is 5.41 Å². The molecule has 0 spiro atoms. The average molecular weight is 81.1 g/mol. The van der Waals surface area contributed by atoms with Crippen molar-refractivity contribution in [1.82, 2.24) is 0 Å². The molecule has 1 aliphatic carbocycles. The second-order valence-electron chi connectivity index (χ2n) is 1.47. The average Bonchev–Trinajstić information content (AvgIpc) is 2.19. The highest BCUT2D eigenvalue weighted by Gasteiger charge is 2.17. The van der Waals surface area contributed by atoms with Crippen molar-refractivity contribution in [2.75, 3.05) is 0 Å². The van der Waals surface area contributed by atoms with E-state index in [1.807, 2.05) is 13.0 Å². The molecule has 0 saturated heterocycles. The van der Waals surface area contributed by atoms with Crippen molar-refractivity contribution in [2.24, 2.45) is 0 Å². The Hall–Kier alpha value is -0.590. The summed E-state index contributed by atoms with van der Waals surface area (Å²) in [6.45, 7) is 1.97. The number of hydrogen-bond acceptors (Lipinski definition) is 1. The van der Waals surface area contributed by atoms with E-state index < -0.39 is 0 Å². The molecule has 0 radical (unpaired) electrons. The van der Waals surface area contributed by atoms with Gasteiger partial charge < -0.3 is 5.41 Å². The second kappa shape index (κ2) is 0.934. The minimum Gasteiger partial charge on any atom is -0.305 e. The SMILES string of the molecule is C/C=C1/CC1=N. The van der Waals surface area contributed by atoms with Gasteiger partial charge in [0.25, 0.3) is 0 Å². The molecular formula is C5H7N. The molecule has 1 heteroatoms. The van der Waals surface area contributed by atoms with Gasteiger partial charge in [-0.1, -0.05) is 6.08 Å². The van der Waals surface area contributed by atoms with Crippen LogP contribution in [0.4, 0.5) is 0 Å². The molecule has 0 aromatic carbocycles.